The number of carbonyl (C=O) groups excluding carboxylic acids is 1. The van der Waals surface area contributed by atoms with Gasteiger partial charge in [-0.15, -0.1) is 10.2 Å². The van der Waals surface area contributed by atoms with Gasteiger partial charge in [-0.25, -0.2) is 0 Å². The van der Waals surface area contributed by atoms with Gasteiger partial charge in [0.05, 0.1) is 18.0 Å². The molecule has 0 spiro atoms. The Morgan fingerprint density at radius 3 is 2.71 bits per heavy atom. The van der Waals surface area contributed by atoms with E-state index < -0.39 is 0 Å². The van der Waals surface area contributed by atoms with Crippen molar-refractivity contribution in [2.45, 2.75) is 30.2 Å². The summed E-state index contributed by atoms with van der Waals surface area (Å²) in [4.78, 5) is 15.1. The Bertz CT molecular complexity index is 988. The van der Waals surface area contributed by atoms with Crippen LogP contribution >= 0.6 is 11.8 Å². The van der Waals surface area contributed by atoms with Crippen molar-refractivity contribution in [1.29, 1.82) is 0 Å². The number of hydrogen-bond donors (Lipinski definition) is 0. The first kappa shape index (κ1) is 18.6. The number of para-hydroxylation sites is 3. The highest BCUT2D eigenvalue weighted by Crippen LogP contribution is 2.32. The number of methoxy groups -OCH3 is 1. The summed E-state index contributed by atoms with van der Waals surface area (Å²) in [5, 5.41) is 8.65. The van der Waals surface area contributed by atoms with Gasteiger partial charge in [-0.2, -0.15) is 0 Å². The number of aryl methyl sites for hydroxylation is 1. The number of fused-ring (bicyclic) bond motifs is 1. The lowest BCUT2D eigenvalue weighted by Crippen LogP contribution is -2.40. The van der Waals surface area contributed by atoms with Crippen LogP contribution in [0.3, 0.4) is 0 Å². The second-order valence-electron chi connectivity index (χ2n) is 6.64. The summed E-state index contributed by atoms with van der Waals surface area (Å²) in [5.41, 5.74) is 3.11. The van der Waals surface area contributed by atoms with Crippen molar-refractivity contribution in [1.82, 2.24) is 14.8 Å². The van der Waals surface area contributed by atoms with Gasteiger partial charge in [0.2, 0.25) is 5.91 Å². The quantitative estimate of drug-likeness (QED) is 0.617. The molecule has 1 aromatic heterocycles. The number of thioether (sulfide) groups is 1. The number of ether oxygens (including phenoxy) is 1. The maximum absolute atomic E-state index is 13.2. The topological polar surface area (TPSA) is 60.2 Å². The summed E-state index contributed by atoms with van der Waals surface area (Å²) in [6, 6.07) is 15.8. The molecule has 1 atom stereocenters. The first-order valence-electron chi connectivity index (χ1n) is 9.28. The fourth-order valence-corrected chi connectivity index (χ4v) is 4.39. The van der Waals surface area contributed by atoms with Crippen molar-refractivity contribution in [2.75, 3.05) is 18.6 Å². The zero-order valence-corrected chi connectivity index (χ0v) is 16.7. The number of aromatic nitrogens is 3. The van der Waals surface area contributed by atoms with Crippen LogP contribution in [0.5, 0.6) is 5.75 Å². The van der Waals surface area contributed by atoms with Crippen LogP contribution in [-0.4, -0.2) is 39.6 Å². The van der Waals surface area contributed by atoms with E-state index >= 15 is 0 Å². The number of nitrogens with zero attached hydrogens (tertiary/aromatic N) is 4. The average molecular weight is 395 g/mol. The van der Waals surface area contributed by atoms with Crippen molar-refractivity contribution in [2.24, 2.45) is 0 Å². The molecule has 1 unspecified atom stereocenters. The molecule has 7 heteroatoms. The van der Waals surface area contributed by atoms with E-state index in [1.165, 1.54) is 17.3 Å². The van der Waals surface area contributed by atoms with E-state index in [4.69, 9.17) is 4.74 Å². The second-order valence-corrected chi connectivity index (χ2v) is 7.95. The van der Waals surface area contributed by atoms with Crippen LogP contribution in [0, 0.1) is 0 Å². The van der Waals surface area contributed by atoms with Gasteiger partial charge >= 0.3 is 0 Å². The summed E-state index contributed by atoms with van der Waals surface area (Å²) in [5.74, 6) is 0.819. The SMILES string of the molecule is COc1ccccc1-n1cnnc1SC(C)C(=O)N1CCCc2ccccc21. The summed E-state index contributed by atoms with van der Waals surface area (Å²) in [7, 11) is 1.63. The fraction of sp³-hybridized carbons (Fsp3) is 0.286. The van der Waals surface area contributed by atoms with Crippen molar-refractivity contribution in [3.05, 3.63) is 60.4 Å². The average Bonchev–Trinajstić information content (AvgIpc) is 3.20. The Hall–Kier alpha value is -2.80. The van der Waals surface area contributed by atoms with Crippen LogP contribution in [0.1, 0.15) is 18.9 Å². The standard InChI is InChI=1S/C21H22N4O2S/c1-15(20(26)24-13-7-9-16-8-3-4-10-17(16)24)28-21-23-22-14-25(21)18-11-5-6-12-19(18)27-2/h3-6,8,10-12,14-15H,7,9,13H2,1-2H3. The molecule has 6 nitrogen and oxygen atoms in total. The maximum atomic E-state index is 13.2. The molecule has 1 aliphatic rings. The maximum Gasteiger partial charge on any atom is 0.240 e. The second kappa shape index (κ2) is 8.06. The van der Waals surface area contributed by atoms with E-state index in [0.717, 1.165) is 36.5 Å². The molecule has 0 bridgehead atoms. The first-order chi connectivity index (χ1) is 13.7. The van der Waals surface area contributed by atoms with Crippen LogP contribution in [0.25, 0.3) is 5.69 Å². The molecule has 2 aromatic carbocycles. The summed E-state index contributed by atoms with van der Waals surface area (Å²) >= 11 is 1.41. The lowest BCUT2D eigenvalue weighted by atomic mass is 10.0. The number of anilines is 1. The largest absolute Gasteiger partial charge is 0.495 e. The fourth-order valence-electron chi connectivity index (χ4n) is 3.49. The van der Waals surface area contributed by atoms with Crippen LogP contribution in [0.2, 0.25) is 0 Å². The predicted octanol–water partition coefficient (Wildman–Crippen LogP) is 3.74. The molecule has 0 saturated heterocycles. The van der Waals surface area contributed by atoms with Gasteiger partial charge < -0.3 is 9.64 Å². The van der Waals surface area contributed by atoms with Gasteiger partial charge in [-0.1, -0.05) is 42.1 Å². The van der Waals surface area contributed by atoms with Crippen molar-refractivity contribution >= 4 is 23.4 Å². The third kappa shape index (κ3) is 3.49. The van der Waals surface area contributed by atoms with Crippen LogP contribution in [-0.2, 0) is 11.2 Å². The van der Waals surface area contributed by atoms with E-state index in [-0.39, 0.29) is 11.2 Å². The van der Waals surface area contributed by atoms with Crippen LogP contribution in [0.4, 0.5) is 5.69 Å². The normalized spacial score (nSPS) is 14.4. The van der Waals surface area contributed by atoms with Crippen LogP contribution < -0.4 is 9.64 Å². The highest BCUT2D eigenvalue weighted by Gasteiger charge is 2.28. The minimum atomic E-state index is -0.288. The molecule has 144 valence electrons. The van der Waals surface area contributed by atoms with Crippen molar-refractivity contribution in [3.8, 4) is 11.4 Å². The highest BCUT2D eigenvalue weighted by atomic mass is 32.2. The molecular formula is C21H22N4O2S. The van der Waals surface area contributed by atoms with E-state index in [0.29, 0.717) is 5.16 Å². The van der Waals surface area contributed by atoms with Gasteiger partial charge in [0.1, 0.15) is 12.1 Å². The van der Waals surface area contributed by atoms with Gasteiger partial charge in [0, 0.05) is 12.2 Å². The number of benzene rings is 2. The molecule has 2 heterocycles. The summed E-state index contributed by atoms with van der Waals surface area (Å²) in [6.45, 7) is 2.67. The third-order valence-corrected chi connectivity index (χ3v) is 5.91. The van der Waals surface area contributed by atoms with Crippen LogP contribution in [0.15, 0.2) is 60.0 Å². The van der Waals surface area contributed by atoms with E-state index in [1.54, 1.807) is 13.4 Å². The monoisotopic (exact) mass is 394 g/mol. The lowest BCUT2D eigenvalue weighted by Gasteiger charge is -2.31. The van der Waals surface area contributed by atoms with E-state index in [9.17, 15) is 4.79 Å². The molecule has 0 radical (unpaired) electrons. The molecule has 0 aliphatic carbocycles. The molecule has 28 heavy (non-hydrogen) atoms. The number of carbonyl (C=O) groups is 1. The Morgan fingerprint density at radius 1 is 1.14 bits per heavy atom. The molecule has 3 aromatic rings. The number of amides is 1. The third-order valence-electron chi connectivity index (χ3n) is 4.87. The highest BCUT2D eigenvalue weighted by molar-refractivity contribution is 8.00. The Kier molecular flexibility index (Phi) is 5.34. The molecule has 1 aliphatic heterocycles. The zero-order chi connectivity index (χ0) is 19.5. The molecule has 4 rings (SSSR count). The Labute approximate surface area is 168 Å². The molecule has 1 amide bonds. The van der Waals surface area contributed by atoms with Gasteiger partial charge in [0.25, 0.3) is 0 Å². The van der Waals surface area contributed by atoms with Gasteiger partial charge in [-0.05, 0) is 43.5 Å². The van der Waals surface area contributed by atoms with Crippen molar-refractivity contribution < 1.29 is 9.53 Å². The molecule has 0 N–H and O–H groups in total. The minimum Gasteiger partial charge on any atom is -0.495 e. The Morgan fingerprint density at radius 2 is 1.89 bits per heavy atom. The van der Waals surface area contributed by atoms with Gasteiger partial charge in [-0.3, -0.25) is 9.36 Å². The zero-order valence-electron chi connectivity index (χ0n) is 15.9. The molecule has 0 fully saturated rings. The first-order valence-corrected chi connectivity index (χ1v) is 10.2. The minimum absolute atomic E-state index is 0.0896. The summed E-state index contributed by atoms with van der Waals surface area (Å²) < 4.78 is 7.31. The van der Waals surface area contributed by atoms with Crippen molar-refractivity contribution in [3.63, 3.8) is 0 Å². The molecule has 0 saturated carbocycles. The van der Waals surface area contributed by atoms with E-state index in [1.807, 2.05) is 58.9 Å². The molecular weight excluding hydrogens is 372 g/mol. The predicted molar refractivity (Wildman–Crippen MR) is 110 cm³/mol. The smallest absolute Gasteiger partial charge is 0.240 e. The lowest BCUT2D eigenvalue weighted by molar-refractivity contribution is -0.117. The number of rotatable bonds is 5. The summed E-state index contributed by atoms with van der Waals surface area (Å²) in [6.07, 6.45) is 3.65. The number of hydrogen-bond acceptors (Lipinski definition) is 5. The van der Waals surface area contributed by atoms with Gasteiger partial charge in [0.15, 0.2) is 5.16 Å². The Balaban J connectivity index is 1.57. The van der Waals surface area contributed by atoms with E-state index in [2.05, 4.69) is 16.3 Å².